The maximum Gasteiger partial charge on any atom is 0.119 e. The van der Waals surface area contributed by atoms with Crippen molar-refractivity contribution >= 4 is 0 Å². The first-order chi connectivity index (χ1) is 9.07. The van der Waals surface area contributed by atoms with Crippen LogP contribution in [0.2, 0.25) is 0 Å². The summed E-state index contributed by atoms with van der Waals surface area (Å²) in [5.41, 5.74) is 7.23. The summed E-state index contributed by atoms with van der Waals surface area (Å²) in [4.78, 5) is 0. The van der Waals surface area contributed by atoms with Gasteiger partial charge in [0.2, 0.25) is 0 Å². The zero-order valence-electron chi connectivity index (χ0n) is 12.5. The van der Waals surface area contributed by atoms with Crippen LogP contribution in [0, 0.1) is 5.41 Å². The van der Waals surface area contributed by atoms with E-state index in [9.17, 15) is 0 Å². The maximum absolute atomic E-state index is 5.61. The second-order valence-electron chi connectivity index (χ2n) is 5.71. The monoisotopic (exact) mass is 264 g/mol. The van der Waals surface area contributed by atoms with Crippen LogP contribution in [0.15, 0.2) is 24.3 Å². The Labute approximate surface area is 117 Å². The molecule has 0 fully saturated rings. The van der Waals surface area contributed by atoms with E-state index in [0.29, 0.717) is 0 Å². The molecule has 3 N–H and O–H groups in total. The van der Waals surface area contributed by atoms with Crippen LogP contribution in [-0.4, -0.2) is 26.2 Å². The Bertz CT molecular complexity index is 346. The minimum atomic E-state index is 0.285. The number of benzene rings is 1. The fraction of sp³-hybridized carbons (Fsp3) is 0.625. The highest BCUT2D eigenvalue weighted by Gasteiger charge is 2.15. The van der Waals surface area contributed by atoms with Crippen LogP contribution in [0.25, 0.3) is 0 Å². The van der Waals surface area contributed by atoms with Gasteiger partial charge in [-0.1, -0.05) is 26.0 Å². The quantitative estimate of drug-likeness (QED) is 0.674. The average molecular weight is 264 g/mol. The normalized spacial score (nSPS) is 11.6. The Balaban J connectivity index is 2.25. The third-order valence-electron chi connectivity index (χ3n) is 3.25. The molecule has 3 nitrogen and oxygen atoms in total. The number of ether oxygens (including phenoxy) is 1. The van der Waals surface area contributed by atoms with E-state index >= 15 is 0 Å². The average Bonchev–Trinajstić information content (AvgIpc) is 2.37. The standard InChI is InChI=1S/C16H28N2O/c1-4-19-15-7-5-14(6-8-15)9-12-18-13-16(2,3)10-11-17/h5-8,18H,4,9-13,17H2,1-3H3. The molecule has 0 saturated carbocycles. The van der Waals surface area contributed by atoms with Gasteiger partial charge < -0.3 is 15.8 Å². The molecule has 108 valence electrons. The van der Waals surface area contributed by atoms with Gasteiger partial charge in [0.25, 0.3) is 0 Å². The zero-order chi connectivity index (χ0) is 14.1. The molecule has 0 aliphatic carbocycles. The van der Waals surface area contributed by atoms with Gasteiger partial charge in [-0.3, -0.25) is 0 Å². The highest BCUT2D eigenvalue weighted by Crippen LogP contribution is 2.17. The molecule has 0 heterocycles. The largest absolute Gasteiger partial charge is 0.494 e. The minimum absolute atomic E-state index is 0.285. The molecule has 0 aliphatic rings. The number of hydrogen-bond donors (Lipinski definition) is 2. The Hall–Kier alpha value is -1.06. The number of nitrogens with two attached hydrogens (primary N) is 1. The van der Waals surface area contributed by atoms with E-state index in [1.54, 1.807) is 0 Å². The summed E-state index contributed by atoms with van der Waals surface area (Å²) < 4.78 is 5.43. The molecule has 1 rings (SSSR count). The van der Waals surface area contributed by atoms with Crippen LogP contribution in [0.1, 0.15) is 32.8 Å². The molecular weight excluding hydrogens is 236 g/mol. The van der Waals surface area contributed by atoms with Gasteiger partial charge >= 0.3 is 0 Å². The second-order valence-corrected chi connectivity index (χ2v) is 5.71. The molecular formula is C16H28N2O. The van der Waals surface area contributed by atoms with Crippen molar-refractivity contribution in [1.29, 1.82) is 0 Å². The Kier molecular flexibility index (Phi) is 6.89. The summed E-state index contributed by atoms with van der Waals surface area (Å²) in [7, 11) is 0. The number of rotatable bonds is 9. The van der Waals surface area contributed by atoms with Gasteiger partial charge in [0.15, 0.2) is 0 Å². The first-order valence-electron chi connectivity index (χ1n) is 7.20. The van der Waals surface area contributed by atoms with Crippen molar-refractivity contribution < 1.29 is 4.74 Å². The lowest BCUT2D eigenvalue weighted by Crippen LogP contribution is -2.32. The van der Waals surface area contributed by atoms with Crippen molar-refractivity contribution in [3.63, 3.8) is 0 Å². The lowest BCUT2D eigenvalue weighted by molar-refractivity contribution is 0.321. The Morgan fingerprint density at radius 1 is 1.21 bits per heavy atom. The van der Waals surface area contributed by atoms with Gasteiger partial charge in [0.1, 0.15) is 5.75 Å². The van der Waals surface area contributed by atoms with Crippen molar-refractivity contribution in [2.75, 3.05) is 26.2 Å². The Morgan fingerprint density at radius 3 is 2.47 bits per heavy atom. The molecule has 0 atom stereocenters. The number of hydrogen-bond acceptors (Lipinski definition) is 3. The smallest absolute Gasteiger partial charge is 0.119 e. The molecule has 0 aromatic heterocycles. The molecule has 0 unspecified atom stereocenters. The summed E-state index contributed by atoms with van der Waals surface area (Å²) in [5.74, 6) is 0.947. The van der Waals surface area contributed by atoms with Crippen LogP contribution in [0.5, 0.6) is 5.75 Å². The molecule has 0 radical (unpaired) electrons. The van der Waals surface area contributed by atoms with Crippen LogP contribution >= 0.6 is 0 Å². The third-order valence-corrected chi connectivity index (χ3v) is 3.25. The summed E-state index contributed by atoms with van der Waals surface area (Å²) in [6, 6.07) is 8.35. The van der Waals surface area contributed by atoms with E-state index in [-0.39, 0.29) is 5.41 Å². The summed E-state index contributed by atoms with van der Waals surface area (Å²) in [6.07, 6.45) is 2.11. The predicted molar refractivity (Wildman–Crippen MR) is 81.6 cm³/mol. The van der Waals surface area contributed by atoms with Crippen molar-refractivity contribution in [2.24, 2.45) is 11.1 Å². The van der Waals surface area contributed by atoms with Crippen LogP contribution in [0.4, 0.5) is 0 Å². The van der Waals surface area contributed by atoms with Crippen LogP contribution < -0.4 is 15.8 Å². The third kappa shape index (κ3) is 6.60. The van der Waals surface area contributed by atoms with Gasteiger partial charge in [0.05, 0.1) is 6.61 Å². The number of nitrogens with one attached hydrogen (secondary N) is 1. The highest BCUT2D eigenvalue weighted by atomic mass is 16.5. The molecule has 19 heavy (non-hydrogen) atoms. The van der Waals surface area contributed by atoms with E-state index in [4.69, 9.17) is 10.5 Å². The van der Waals surface area contributed by atoms with Gasteiger partial charge in [0, 0.05) is 6.54 Å². The molecule has 0 aliphatic heterocycles. The van der Waals surface area contributed by atoms with E-state index < -0.39 is 0 Å². The SMILES string of the molecule is CCOc1ccc(CCNCC(C)(C)CCN)cc1. The highest BCUT2D eigenvalue weighted by molar-refractivity contribution is 5.27. The molecule has 0 amide bonds. The fourth-order valence-electron chi connectivity index (χ4n) is 2.06. The fourth-order valence-corrected chi connectivity index (χ4v) is 2.06. The van der Waals surface area contributed by atoms with Crippen LogP contribution in [-0.2, 0) is 6.42 Å². The molecule has 0 bridgehead atoms. The van der Waals surface area contributed by atoms with Crippen molar-refractivity contribution in [3.05, 3.63) is 29.8 Å². The van der Waals surface area contributed by atoms with Gasteiger partial charge in [-0.05, 0) is 56.0 Å². The minimum Gasteiger partial charge on any atom is -0.494 e. The van der Waals surface area contributed by atoms with Gasteiger partial charge in [-0.15, -0.1) is 0 Å². The zero-order valence-corrected chi connectivity index (χ0v) is 12.5. The first kappa shape index (κ1) is 16.0. The van der Waals surface area contributed by atoms with E-state index in [0.717, 1.165) is 44.8 Å². The lowest BCUT2D eigenvalue weighted by atomic mass is 9.89. The van der Waals surface area contributed by atoms with E-state index in [2.05, 4.69) is 31.3 Å². The molecule has 3 heteroatoms. The molecule has 0 saturated heterocycles. The maximum atomic E-state index is 5.61. The van der Waals surface area contributed by atoms with Crippen LogP contribution in [0.3, 0.4) is 0 Å². The van der Waals surface area contributed by atoms with Gasteiger partial charge in [-0.25, -0.2) is 0 Å². The van der Waals surface area contributed by atoms with Crippen molar-refractivity contribution in [2.45, 2.75) is 33.6 Å². The first-order valence-corrected chi connectivity index (χ1v) is 7.20. The topological polar surface area (TPSA) is 47.3 Å². The molecule has 1 aromatic rings. The van der Waals surface area contributed by atoms with Crippen molar-refractivity contribution in [3.8, 4) is 5.75 Å². The summed E-state index contributed by atoms with van der Waals surface area (Å²) >= 11 is 0. The summed E-state index contributed by atoms with van der Waals surface area (Å²) in [6.45, 7) is 10.0. The summed E-state index contributed by atoms with van der Waals surface area (Å²) in [5, 5.41) is 3.51. The van der Waals surface area contributed by atoms with E-state index in [1.807, 2.05) is 19.1 Å². The molecule has 0 spiro atoms. The molecule has 1 aromatic carbocycles. The lowest BCUT2D eigenvalue weighted by Gasteiger charge is -2.24. The Morgan fingerprint density at radius 2 is 1.89 bits per heavy atom. The van der Waals surface area contributed by atoms with Crippen molar-refractivity contribution in [1.82, 2.24) is 5.32 Å². The van der Waals surface area contributed by atoms with E-state index in [1.165, 1.54) is 5.56 Å². The predicted octanol–water partition coefficient (Wildman–Crippen LogP) is 2.59. The second kappa shape index (κ2) is 8.18. The van der Waals surface area contributed by atoms with Gasteiger partial charge in [-0.2, -0.15) is 0 Å².